The molecule has 0 spiro atoms. The number of methoxy groups -OCH3 is 1. The number of aromatic hydroxyl groups is 1. The van der Waals surface area contributed by atoms with E-state index in [-0.39, 0.29) is 11.6 Å². The molecule has 0 aliphatic heterocycles. The van der Waals surface area contributed by atoms with Crippen molar-refractivity contribution in [1.29, 1.82) is 0 Å². The maximum Gasteiger partial charge on any atom is 0.171 e. The molecular formula is C14H13FINO2. The Balaban J connectivity index is 2.13. The van der Waals surface area contributed by atoms with E-state index in [1.54, 1.807) is 18.2 Å². The monoisotopic (exact) mass is 373 g/mol. The predicted molar refractivity (Wildman–Crippen MR) is 81.1 cm³/mol. The molecular weight excluding hydrogens is 360 g/mol. The number of rotatable bonds is 4. The van der Waals surface area contributed by atoms with Crippen LogP contribution in [0.2, 0.25) is 0 Å². The van der Waals surface area contributed by atoms with E-state index < -0.39 is 0 Å². The third kappa shape index (κ3) is 3.50. The van der Waals surface area contributed by atoms with Crippen LogP contribution in [-0.4, -0.2) is 12.2 Å². The van der Waals surface area contributed by atoms with Crippen LogP contribution in [0.1, 0.15) is 5.56 Å². The van der Waals surface area contributed by atoms with Crippen molar-refractivity contribution in [1.82, 2.24) is 0 Å². The number of phenols is 1. The van der Waals surface area contributed by atoms with E-state index in [1.165, 1.54) is 19.2 Å². The highest BCUT2D eigenvalue weighted by Gasteiger charge is 2.08. The molecule has 0 fully saturated rings. The van der Waals surface area contributed by atoms with Crippen molar-refractivity contribution >= 4 is 28.3 Å². The van der Waals surface area contributed by atoms with Gasteiger partial charge in [0, 0.05) is 12.2 Å². The zero-order chi connectivity index (χ0) is 13.8. The summed E-state index contributed by atoms with van der Waals surface area (Å²) in [5, 5.41) is 12.9. The average Bonchev–Trinajstić information content (AvgIpc) is 2.40. The lowest BCUT2D eigenvalue weighted by molar-refractivity contribution is 0.371. The second-order valence-electron chi connectivity index (χ2n) is 3.99. The molecule has 0 bridgehead atoms. The number of hydrogen-bond donors (Lipinski definition) is 2. The molecule has 0 aliphatic carbocycles. The Kier molecular flexibility index (Phi) is 4.47. The molecule has 100 valence electrons. The van der Waals surface area contributed by atoms with Gasteiger partial charge >= 0.3 is 0 Å². The summed E-state index contributed by atoms with van der Waals surface area (Å²) in [7, 11) is 1.51. The Morgan fingerprint density at radius 2 is 2.11 bits per heavy atom. The third-order valence-corrected chi connectivity index (χ3v) is 3.45. The molecule has 0 aromatic heterocycles. The molecule has 2 N–H and O–H groups in total. The van der Waals surface area contributed by atoms with Gasteiger partial charge in [-0.15, -0.1) is 0 Å². The van der Waals surface area contributed by atoms with Gasteiger partial charge in [-0.3, -0.25) is 0 Å². The first kappa shape index (κ1) is 13.9. The van der Waals surface area contributed by atoms with Crippen molar-refractivity contribution in [3.05, 3.63) is 51.3 Å². The lowest BCUT2D eigenvalue weighted by Crippen LogP contribution is -2.00. The van der Waals surface area contributed by atoms with E-state index >= 15 is 0 Å². The maximum atomic E-state index is 13.0. The first-order valence-corrected chi connectivity index (χ1v) is 6.73. The zero-order valence-corrected chi connectivity index (χ0v) is 12.4. The van der Waals surface area contributed by atoms with E-state index in [4.69, 9.17) is 4.74 Å². The Morgan fingerprint density at radius 3 is 2.79 bits per heavy atom. The van der Waals surface area contributed by atoms with Crippen LogP contribution in [0.15, 0.2) is 36.4 Å². The van der Waals surface area contributed by atoms with E-state index in [1.807, 2.05) is 28.7 Å². The van der Waals surface area contributed by atoms with Gasteiger partial charge in [-0.25, -0.2) is 4.39 Å². The molecule has 2 aromatic carbocycles. The van der Waals surface area contributed by atoms with Crippen LogP contribution in [0.4, 0.5) is 10.1 Å². The highest BCUT2D eigenvalue weighted by atomic mass is 127. The molecule has 2 aromatic rings. The Hall–Kier alpha value is -1.50. The largest absolute Gasteiger partial charge is 0.504 e. The fraction of sp³-hybridized carbons (Fsp3) is 0.143. The Morgan fingerprint density at radius 1 is 1.32 bits per heavy atom. The van der Waals surface area contributed by atoms with Gasteiger partial charge in [0.15, 0.2) is 11.5 Å². The van der Waals surface area contributed by atoms with Crippen LogP contribution in [0.25, 0.3) is 0 Å². The van der Waals surface area contributed by atoms with E-state index in [0.29, 0.717) is 21.6 Å². The minimum absolute atomic E-state index is 0.137. The standard InChI is InChI=1S/C14H13FINO2/c1-19-13-6-9(5-12(16)14(13)18)8-17-11-4-2-3-10(15)7-11/h2-7,17-18H,8H2,1H3. The number of anilines is 1. The molecule has 2 rings (SSSR count). The minimum atomic E-state index is -0.275. The van der Waals surface area contributed by atoms with Gasteiger partial charge in [-0.05, 0) is 58.5 Å². The number of benzene rings is 2. The molecule has 3 nitrogen and oxygen atoms in total. The van der Waals surface area contributed by atoms with Gasteiger partial charge in [0.2, 0.25) is 0 Å². The molecule has 0 heterocycles. The quantitative estimate of drug-likeness (QED) is 0.803. The second kappa shape index (κ2) is 6.10. The van der Waals surface area contributed by atoms with Crippen LogP contribution < -0.4 is 10.1 Å². The normalized spacial score (nSPS) is 10.3. The van der Waals surface area contributed by atoms with Gasteiger partial charge in [0.05, 0.1) is 10.7 Å². The SMILES string of the molecule is COc1cc(CNc2cccc(F)c2)cc(I)c1O. The molecule has 0 saturated heterocycles. The van der Waals surface area contributed by atoms with Crippen molar-refractivity contribution < 1.29 is 14.2 Å². The topological polar surface area (TPSA) is 41.5 Å². The molecule has 0 amide bonds. The van der Waals surface area contributed by atoms with Crippen molar-refractivity contribution in [2.45, 2.75) is 6.54 Å². The van der Waals surface area contributed by atoms with Crippen molar-refractivity contribution in [2.75, 3.05) is 12.4 Å². The summed E-state index contributed by atoms with van der Waals surface area (Å²) in [5.74, 6) is 0.295. The van der Waals surface area contributed by atoms with E-state index in [2.05, 4.69) is 5.32 Å². The molecule has 0 unspecified atom stereocenters. The summed E-state index contributed by atoms with van der Waals surface area (Å²) in [6.45, 7) is 0.524. The number of phenolic OH excluding ortho intramolecular Hbond substituents is 1. The molecule has 0 radical (unpaired) electrons. The van der Waals surface area contributed by atoms with Gasteiger partial charge in [0.25, 0.3) is 0 Å². The highest BCUT2D eigenvalue weighted by Crippen LogP contribution is 2.32. The third-order valence-electron chi connectivity index (χ3n) is 2.63. The van der Waals surface area contributed by atoms with Crippen molar-refractivity contribution in [3.8, 4) is 11.5 Å². The summed E-state index contributed by atoms with van der Waals surface area (Å²) < 4.78 is 18.8. The Bertz CT molecular complexity index is 590. The van der Waals surface area contributed by atoms with Gasteiger partial charge in [-0.1, -0.05) is 6.07 Å². The summed E-state index contributed by atoms with van der Waals surface area (Å²) in [5.41, 5.74) is 1.66. The number of ether oxygens (including phenoxy) is 1. The molecule has 0 atom stereocenters. The summed E-state index contributed by atoms with van der Waals surface area (Å²) >= 11 is 2.04. The molecule has 19 heavy (non-hydrogen) atoms. The van der Waals surface area contributed by atoms with Gasteiger partial charge in [0.1, 0.15) is 5.82 Å². The molecule has 5 heteroatoms. The number of hydrogen-bond acceptors (Lipinski definition) is 3. The van der Waals surface area contributed by atoms with Crippen LogP contribution in [0.5, 0.6) is 11.5 Å². The molecule has 0 aliphatic rings. The van der Waals surface area contributed by atoms with Crippen LogP contribution in [-0.2, 0) is 6.54 Å². The van der Waals surface area contributed by atoms with E-state index in [0.717, 1.165) is 5.56 Å². The van der Waals surface area contributed by atoms with E-state index in [9.17, 15) is 9.50 Å². The Labute approximate surface area is 124 Å². The predicted octanol–water partition coefficient (Wildman–Crippen LogP) is 3.76. The average molecular weight is 373 g/mol. The fourth-order valence-corrected chi connectivity index (χ4v) is 2.35. The van der Waals surface area contributed by atoms with Gasteiger partial charge < -0.3 is 15.2 Å². The lowest BCUT2D eigenvalue weighted by Gasteiger charge is -2.10. The second-order valence-corrected chi connectivity index (χ2v) is 5.15. The number of halogens is 2. The number of nitrogens with one attached hydrogen (secondary N) is 1. The zero-order valence-electron chi connectivity index (χ0n) is 10.3. The van der Waals surface area contributed by atoms with Gasteiger partial charge in [-0.2, -0.15) is 0 Å². The first-order chi connectivity index (χ1) is 9.10. The summed E-state index contributed by atoms with van der Waals surface area (Å²) in [6, 6.07) is 9.89. The van der Waals surface area contributed by atoms with Crippen LogP contribution >= 0.6 is 22.6 Å². The smallest absolute Gasteiger partial charge is 0.171 e. The molecule has 0 saturated carbocycles. The summed E-state index contributed by atoms with van der Waals surface area (Å²) in [6.07, 6.45) is 0. The minimum Gasteiger partial charge on any atom is -0.504 e. The summed E-state index contributed by atoms with van der Waals surface area (Å²) in [4.78, 5) is 0. The van der Waals surface area contributed by atoms with Crippen molar-refractivity contribution in [3.63, 3.8) is 0 Å². The first-order valence-electron chi connectivity index (χ1n) is 5.65. The van der Waals surface area contributed by atoms with Crippen LogP contribution in [0.3, 0.4) is 0 Å². The highest BCUT2D eigenvalue weighted by molar-refractivity contribution is 14.1. The van der Waals surface area contributed by atoms with Crippen LogP contribution in [0, 0.1) is 9.39 Å². The van der Waals surface area contributed by atoms with Crippen molar-refractivity contribution in [2.24, 2.45) is 0 Å². The maximum absolute atomic E-state index is 13.0. The fourth-order valence-electron chi connectivity index (χ4n) is 1.69. The lowest BCUT2D eigenvalue weighted by atomic mass is 10.2.